The smallest absolute Gasteiger partial charge is 0.292 e. The molecule has 8 nitrogen and oxygen atoms in total. The van der Waals surface area contributed by atoms with Crippen LogP contribution in [0.15, 0.2) is 74.3 Å². The van der Waals surface area contributed by atoms with Crippen molar-refractivity contribution < 1.29 is 27.6 Å². The number of fused-ring (bicyclic) bond motifs is 1. The van der Waals surface area contributed by atoms with Crippen molar-refractivity contribution in [3.8, 4) is 0 Å². The van der Waals surface area contributed by atoms with E-state index in [0.29, 0.717) is 35.6 Å². The zero-order valence-corrected chi connectivity index (χ0v) is 17.3. The van der Waals surface area contributed by atoms with Crippen LogP contribution in [-0.2, 0) is 11.3 Å². The second-order valence-electron chi connectivity index (χ2n) is 7.63. The van der Waals surface area contributed by atoms with Gasteiger partial charge in [-0.3, -0.25) is 9.59 Å². The summed E-state index contributed by atoms with van der Waals surface area (Å²) in [5.74, 6) is 0.0138. The SMILES string of the molecule is O=C(Nc1c(C(=O)N(Cc2ccco2)CC2CCCO2)oc2ccccc12)c1ccco1. The van der Waals surface area contributed by atoms with Gasteiger partial charge in [-0.25, -0.2) is 0 Å². The van der Waals surface area contributed by atoms with Gasteiger partial charge in [0.15, 0.2) is 5.76 Å². The van der Waals surface area contributed by atoms with Crippen molar-refractivity contribution in [3.05, 3.63) is 78.3 Å². The Labute approximate surface area is 183 Å². The number of nitrogens with one attached hydrogen (secondary N) is 1. The van der Waals surface area contributed by atoms with Gasteiger partial charge >= 0.3 is 0 Å². The largest absolute Gasteiger partial charge is 0.467 e. The number of hydrogen-bond donors (Lipinski definition) is 1. The third kappa shape index (κ3) is 4.04. The predicted octanol–water partition coefficient (Wildman–Crippen LogP) is 4.69. The van der Waals surface area contributed by atoms with E-state index in [9.17, 15) is 9.59 Å². The number of nitrogens with zero attached hydrogens (tertiary/aromatic N) is 1. The molecule has 5 rings (SSSR count). The summed E-state index contributed by atoms with van der Waals surface area (Å²) in [6, 6.07) is 14.0. The Morgan fingerprint density at radius 3 is 2.62 bits per heavy atom. The van der Waals surface area contributed by atoms with Crippen LogP contribution in [0, 0.1) is 0 Å². The van der Waals surface area contributed by atoms with Crippen LogP contribution in [0.3, 0.4) is 0 Å². The summed E-state index contributed by atoms with van der Waals surface area (Å²) in [7, 11) is 0. The van der Waals surface area contributed by atoms with E-state index in [4.69, 9.17) is 18.0 Å². The summed E-state index contributed by atoms with van der Waals surface area (Å²) in [5, 5.41) is 3.43. The maximum Gasteiger partial charge on any atom is 0.292 e. The topological polar surface area (TPSA) is 98.1 Å². The molecule has 3 aromatic heterocycles. The highest BCUT2D eigenvalue weighted by Crippen LogP contribution is 2.33. The summed E-state index contributed by atoms with van der Waals surface area (Å²) in [5.41, 5.74) is 0.810. The molecule has 0 aliphatic carbocycles. The van der Waals surface area contributed by atoms with Crippen molar-refractivity contribution in [3.63, 3.8) is 0 Å². The Hall–Kier alpha value is -3.78. The van der Waals surface area contributed by atoms with Crippen molar-refractivity contribution in [1.82, 2.24) is 4.90 Å². The number of amides is 2. The van der Waals surface area contributed by atoms with Crippen LogP contribution in [0.2, 0.25) is 0 Å². The number of ether oxygens (including phenoxy) is 1. The molecule has 1 unspecified atom stereocenters. The zero-order chi connectivity index (χ0) is 21.9. The van der Waals surface area contributed by atoms with Gasteiger partial charge in [-0.15, -0.1) is 0 Å². The van der Waals surface area contributed by atoms with Crippen molar-refractivity contribution >= 4 is 28.5 Å². The Morgan fingerprint density at radius 1 is 1.03 bits per heavy atom. The summed E-state index contributed by atoms with van der Waals surface area (Å²) in [6.07, 6.45) is 4.77. The van der Waals surface area contributed by atoms with Crippen LogP contribution in [0.25, 0.3) is 11.0 Å². The molecule has 0 saturated carbocycles. The standard InChI is InChI=1S/C24H22N2O6/c27-23(20-10-5-13-31-20)25-21-18-8-1-2-9-19(18)32-22(21)24(28)26(14-16-6-3-11-29-16)15-17-7-4-12-30-17/h1-3,5-6,8-11,13,17H,4,7,12,14-15H2,(H,25,27). The maximum absolute atomic E-state index is 13.7. The van der Waals surface area contributed by atoms with E-state index >= 15 is 0 Å². The first-order chi connectivity index (χ1) is 15.7. The fourth-order valence-corrected chi connectivity index (χ4v) is 3.89. The Bertz CT molecular complexity index is 1200. The average molecular weight is 434 g/mol. The number of para-hydroxylation sites is 1. The van der Waals surface area contributed by atoms with E-state index in [0.717, 1.165) is 12.8 Å². The Kier molecular flexibility index (Phi) is 5.51. The third-order valence-corrected chi connectivity index (χ3v) is 5.44. The van der Waals surface area contributed by atoms with Crippen LogP contribution < -0.4 is 5.32 Å². The number of carbonyl (C=O) groups excluding carboxylic acids is 2. The quantitative estimate of drug-likeness (QED) is 0.453. The molecule has 1 aliphatic rings. The monoisotopic (exact) mass is 434 g/mol. The van der Waals surface area contributed by atoms with Gasteiger partial charge < -0.3 is 28.2 Å². The van der Waals surface area contributed by atoms with E-state index in [-0.39, 0.29) is 30.1 Å². The zero-order valence-electron chi connectivity index (χ0n) is 17.3. The highest BCUT2D eigenvalue weighted by molar-refractivity contribution is 6.13. The minimum absolute atomic E-state index is 0.0515. The molecule has 4 aromatic rings. The van der Waals surface area contributed by atoms with Crippen molar-refractivity contribution in [1.29, 1.82) is 0 Å². The second-order valence-corrected chi connectivity index (χ2v) is 7.63. The van der Waals surface area contributed by atoms with Crippen LogP contribution in [0.1, 0.15) is 39.7 Å². The van der Waals surface area contributed by atoms with Crippen LogP contribution >= 0.6 is 0 Å². The van der Waals surface area contributed by atoms with Gasteiger partial charge in [-0.05, 0) is 49.2 Å². The van der Waals surface area contributed by atoms with E-state index < -0.39 is 5.91 Å². The average Bonchev–Trinajstić information content (AvgIpc) is 3.61. The number of carbonyl (C=O) groups is 2. The molecule has 2 amide bonds. The molecule has 1 fully saturated rings. The summed E-state index contributed by atoms with van der Waals surface area (Å²) < 4.78 is 22.4. The summed E-state index contributed by atoms with van der Waals surface area (Å²) in [4.78, 5) is 28.0. The lowest BCUT2D eigenvalue weighted by atomic mass is 10.2. The van der Waals surface area contributed by atoms with Crippen molar-refractivity contribution in [2.24, 2.45) is 0 Å². The number of furan rings is 3. The first kappa shape index (κ1) is 20.1. The van der Waals surface area contributed by atoms with Gasteiger partial charge in [0, 0.05) is 18.5 Å². The molecular formula is C24H22N2O6. The van der Waals surface area contributed by atoms with Crippen LogP contribution in [0.5, 0.6) is 0 Å². The van der Waals surface area contributed by atoms with E-state index in [1.165, 1.54) is 6.26 Å². The molecule has 1 aliphatic heterocycles. The highest BCUT2D eigenvalue weighted by atomic mass is 16.5. The number of anilines is 1. The molecule has 32 heavy (non-hydrogen) atoms. The Morgan fingerprint density at radius 2 is 1.88 bits per heavy atom. The molecule has 1 aromatic carbocycles. The molecule has 4 heterocycles. The van der Waals surface area contributed by atoms with E-state index in [1.54, 1.807) is 41.5 Å². The fraction of sp³-hybridized carbons (Fsp3) is 0.250. The first-order valence-corrected chi connectivity index (χ1v) is 10.5. The van der Waals surface area contributed by atoms with E-state index in [2.05, 4.69) is 5.32 Å². The normalized spacial score (nSPS) is 15.8. The first-order valence-electron chi connectivity index (χ1n) is 10.5. The Balaban J connectivity index is 1.50. The number of benzene rings is 1. The molecule has 0 bridgehead atoms. The van der Waals surface area contributed by atoms with Gasteiger partial charge in [0.05, 0.1) is 25.2 Å². The molecule has 8 heteroatoms. The van der Waals surface area contributed by atoms with Gasteiger partial charge in [-0.1, -0.05) is 12.1 Å². The highest BCUT2D eigenvalue weighted by Gasteiger charge is 2.30. The molecule has 0 spiro atoms. The fourth-order valence-electron chi connectivity index (χ4n) is 3.89. The lowest BCUT2D eigenvalue weighted by Crippen LogP contribution is -2.37. The minimum Gasteiger partial charge on any atom is -0.467 e. The van der Waals surface area contributed by atoms with E-state index in [1.807, 2.05) is 18.2 Å². The van der Waals surface area contributed by atoms with Gasteiger partial charge in [-0.2, -0.15) is 0 Å². The van der Waals surface area contributed by atoms with Crippen molar-refractivity contribution in [2.45, 2.75) is 25.5 Å². The number of rotatable bonds is 7. The van der Waals surface area contributed by atoms with Crippen LogP contribution in [-0.4, -0.2) is 36.0 Å². The van der Waals surface area contributed by atoms with Gasteiger partial charge in [0.25, 0.3) is 11.8 Å². The second kappa shape index (κ2) is 8.76. The van der Waals surface area contributed by atoms with Gasteiger partial charge in [0.2, 0.25) is 5.76 Å². The lowest BCUT2D eigenvalue weighted by Gasteiger charge is -2.24. The maximum atomic E-state index is 13.7. The van der Waals surface area contributed by atoms with Crippen LogP contribution in [0.4, 0.5) is 5.69 Å². The molecule has 164 valence electrons. The van der Waals surface area contributed by atoms with Crippen molar-refractivity contribution in [2.75, 3.05) is 18.5 Å². The van der Waals surface area contributed by atoms with Gasteiger partial charge in [0.1, 0.15) is 17.0 Å². The summed E-state index contributed by atoms with van der Waals surface area (Å²) in [6.45, 7) is 1.33. The minimum atomic E-state index is -0.465. The lowest BCUT2D eigenvalue weighted by molar-refractivity contribution is 0.0471. The summed E-state index contributed by atoms with van der Waals surface area (Å²) >= 11 is 0. The predicted molar refractivity (Wildman–Crippen MR) is 115 cm³/mol. The molecule has 1 atom stereocenters. The molecule has 0 radical (unpaired) electrons. The molecule has 1 saturated heterocycles. The molecule has 1 N–H and O–H groups in total. The number of hydrogen-bond acceptors (Lipinski definition) is 6. The molecular weight excluding hydrogens is 412 g/mol. The third-order valence-electron chi connectivity index (χ3n) is 5.44.